The Morgan fingerprint density at radius 1 is 1.21 bits per heavy atom. The average molecular weight is 481 g/mol. The van der Waals surface area contributed by atoms with E-state index >= 15 is 0 Å². The Balaban J connectivity index is 1.48. The molecule has 0 radical (unpaired) electrons. The Morgan fingerprint density at radius 3 is 2.61 bits per heavy atom. The summed E-state index contributed by atoms with van der Waals surface area (Å²) < 4.78 is 47.5. The van der Waals surface area contributed by atoms with E-state index in [-0.39, 0.29) is 27.9 Å². The molecule has 2 amide bonds. The van der Waals surface area contributed by atoms with Gasteiger partial charge in [0.25, 0.3) is 5.91 Å². The van der Waals surface area contributed by atoms with Crippen LogP contribution in [0.25, 0.3) is 16.8 Å². The fourth-order valence-corrected chi connectivity index (χ4v) is 4.97. The summed E-state index contributed by atoms with van der Waals surface area (Å²) in [5, 5.41) is 2.87. The second kappa shape index (κ2) is 7.79. The van der Waals surface area contributed by atoms with Gasteiger partial charge < -0.3 is 14.6 Å². The minimum Gasteiger partial charge on any atom is -0.472 e. The fourth-order valence-electron chi connectivity index (χ4n) is 4.72. The standard InChI is InChI=1S/C22H20ClF3N4O3/c23-18-17(20(32)29-7-5-21(6-8-29)4-1-2-16(31)28-21)27-19-15(22(24,25)26)10-14(11-30(18)19)13-3-9-33-12-13/h3,9-12H,1-2,4-8H2,(H,28,31). The molecule has 5 heterocycles. The first-order valence-corrected chi connectivity index (χ1v) is 11.0. The van der Waals surface area contributed by atoms with Crippen molar-refractivity contribution >= 4 is 29.1 Å². The van der Waals surface area contributed by atoms with Crippen LogP contribution in [0, 0.1) is 0 Å². The van der Waals surface area contributed by atoms with Crippen LogP contribution < -0.4 is 5.32 Å². The summed E-state index contributed by atoms with van der Waals surface area (Å²) >= 11 is 6.39. The number of likely N-dealkylation sites (tertiary alicyclic amines) is 1. The Morgan fingerprint density at radius 2 is 1.97 bits per heavy atom. The lowest BCUT2D eigenvalue weighted by molar-refractivity contribution is -0.136. The van der Waals surface area contributed by atoms with Gasteiger partial charge in [-0.05, 0) is 37.8 Å². The zero-order valence-electron chi connectivity index (χ0n) is 17.4. The Bertz CT molecular complexity index is 1230. The fraction of sp³-hybridized carbons (Fsp3) is 0.409. The molecule has 3 aromatic rings. The van der Waals surface area contributed by atoms with Gasteiger partial charge in [0.15, 0.2) is 11.3 Å². The van der Waals surface area contributed by atoms with Crippen LogP contribution in [0.2, 0.25) is 5.15 Å². The largest absolute Gasteiger partial charge is 0.472 e. The van der Waals surface area contributed by atoms with E-state index in [0.717, 1.165) is 23.3 Å². The van der Waals surface area contributed by atoms with Crippen LogP contribution in [-0.4, -0.2) is 44.7 Å². The molecule has 2 aliphatic heterocycles. The number of imidazole rings is 1. The van der Waals surface area contributed by atoms with E-state index in [4.69, 9.17) is 16.0 Å². The molecule has 0 aromatic carbocycles. The molecule has 2 fully saturated rings. The number of halogens is 4. The lowest BCUT2D eigenvalue weighted by Crippen LogP contribution is -2.58. The second-order valence-electron chi connectivity index (χ2n) is 8.57. The van der Waals surface area contributed by atoms with Gasteiger partial charge in [0.1, 0.15) is 5.15 Å². The third-order valence-electron chi connectivity index (χ3n) is 6.50. The number of amides is 2. The number of piperidine rings is 2. The van der Waals surface area contributed by atoms with E-state index in [9.17, 15) is 22.8 Å². The van der Waals surface area contributed by atoms with Gasteiger partial charge >= 0.3 is 6.18 Å². The molecule has 2 saturated heterocycles. The van der Waals surface area contributed by atoms with Gasteiger partial charge in [-0.3, -0.25) is 14.0 Å². The summed E-state index contributed by atoms with van der Waals surface area (Å²) in [4.78, 5) is 30.6. The quantitative estimate of drug-likeness (QED) is 0.584. The molecule has 3 aromatic heterocycles. The molecule has 174 valence electrons. The SMILES string of the molecule is O=C1CCCC2(CCN(C(=O)c3nc4c(C(F)(F)F)cc(-c5ccoc5)cn4c3Cl)CC2)N1. The number of pyridine rings is 1. The molecule has 11 heteroatoms. The minimum absolute atomic E-state index is 0.0116. The van der Waals surface area contributed by atoms with Crippen molar-refractivity contribution < 1.29 is 27.2 Å². The van der Waals surface area contributed by atoms with Crippen molar-refractivity contribution in [1.82, 2.24) is 19.6 Å². The molecular formula is C22H20ClF3N4O3. The molecule has 7 nitrogen and oxygen atoms in total. The number of carbonyl (C=O) groups excluding carboxylic acids is 2. The number of aromatic nitrogens is 2. The van der Waals surface area contributed by atoms with Crippen molar-refractivity contribution in [2.75, 3.05) is 13.1 Å². The van der Waals surface area contributed by atoms with Crippen molar-refractivity contribution in [2.24, 2.45) is 0 Å². The highest BCUT2D eigenvalue weighted by Crippen LogP contribution is 2.38. The van der Waals surface area contributed by atoms with E-state index in [1.807, 2.05) is 0 Å². The Kier molecular flexibility index (Phi) is 5.15. The molecule has 0 bridgehead atoms. The highest BCUT2D eigenvalue weighted by Gasteiger charge is 2.40. The van der Waals surface area contributed by atoms with Gasteiger partial charge in [-0.1, -0.05) is 11.6 Å². The molecule has 5 rings (SSSR count). The summed E-state index contributed by atoms with van der Waals surface area (Å²) in [6.45, 7) is 0.714. The van der Waals surface area contributed by atoms with Crippen LogP contribution in [0.4, 0.5) is 13.2 Å². The van der Waals surface area contributed by atoms with Gasteiger partial charge in [-0.25, -0.2) is 4.98 Å². The lowest BCUT2D eigenvalue weighted by Gasteiger charge is -2.44. The normalized spacial score (nSPS) is 18.7. The molecule has 0 unspecified atom stereocenters. The van der Waals surface area contributed by atoms with Gasteiger partial charge in [0.05, 0.1) is 18.1 Å². The number of hydrogen-bond acceptors (Lipinski definition) is 4. The first-order chi connectivity index (χ1) is 15.7. The molecule has 1 spiro atoms. The van der Waals surface area contributed by atoms with Crippen LogP contribution in [0.15, 0.2) is 35.3 Å². The first-order valence-electron chi connectivity index (χ1n) is 10.6. The molecule has 33 heavy (non-hydrogen) atoms. The summed E-state index contributed by atoms with van der Waals surface area (Å²) in [5.41, 5.74) is -1.31. The summed E-state index contributed by atoms with van der Waals surface area (Å²) in [6, 6.07) is 2.50. The van der Waals surface area contributed by atoms with Crippen LogP contribution >= 0.6 is 11.6 Å². The van der Waals surface area contributed by atoms with E-state index < -0.39 is 23.3 Å². The van der Waals surface area contributed by atoms with Gasteiger partial charge in [-0.15, -0.1) is 0 Å². The summed E-state index contributed by atoms with van der Waals surface area (Å²) in [7, 11) is 0. The van der Waals surface area contributed by atoms with E-state index in [1.54, 1.807) is 0 Å². The third-order valence-corrected chi connectivity index (χ3v) is 6.86. The van der Waals surface area contributed by atoms with Crippen molar-refractivity contribution in [1.29, 1.82) is 0 Å². The maximum absolute atomic E-state index is 13.8. The predicted molar refractivity (Wildman–Crippen MR) is 113 cm³/mol. The van der Waals surface area contributed by atoms with Crippen molar-refractivity contribution in [3.8, 4) is 11.1 Å². The Hall–Kier alpha value is -3.01. The molecule has 0 atom stereocenters. The number of alkyl halides is 3. The van der Waals surface area contributed by atoms with Crippen LogP contribution in [0.1, 0.15) is 48.2 Å². The summed E-state index contributed by atoms with van der Waals surface area (Å²) in [6.07, 6.45) is 2.70. The van der Waals surface area contributed by atoms with Crippen LogP contribution in [-0.2, 0) is 11.0 Å². The van der Waals surface area contributed by atoms with E-state index in [1.165, 1.54) is 29.7 Å². The zero-order valence-corrected chi connectivity index (χ0v) is 18.2. The number of rotatable bonds is 2. The maximum atomic E-state index is 13.8. The number of carbonyl (C=O) groups is 2. The van der Waals surface area contributed by atoms with Crippen LogP contribution in [0.3, 0.4) is 0 Å². The zero-order chi connectivity index (χ0) is 23.4. The topological polar surface area (TPSA) is 79.9 Å². The highest BCUT2D eigenvalue weighted by atomic mass is 35.5. The van der Waals surface area contributed by atoms with Crippen LogP contribution in [0.5, 0.6) is 0 Å². The maximum Gasteiger partial charge on any atom is 0.420 e. The van der Waals surface area contributed by atoms with Gasteiger partial charge in [0, 0.05) is 42.4 Å². The van der Waals surface area contributed by atoms with Gasteiger partial charge in [0.2, 0.25) is 5.91 Å². The lowest BCUT2D eigenvalue weighted by atomic mass is 9.80. The number of nitrogens with one attached hydrogen (secondary N) is 1. The number of fused-ring (bicyclic) bond motifs is 1. The van der Waals surface area contributed by atoms with Crippen molar-refractivity contribution in [3.63, 3.8) is 0 Å². The predicted octanol–water partition coefficient (Wildman–Crippen LogP) is 4.54. The molecule has 1 N–H and O–H groups in total. The average Bonchev–Trinajstić information content (AvgIpc) is 3.41. The third kappa shape index (κ3) is 3.86. The molecule has 2 aliphatic rings. The first kappa shape index (κ1) is 21.8. The number of furan rings is 1. The monoisotopic (exact) mass is 480 g/mol. The molecular weight excluding hydrogens is 461 g/mol. The highest BCUT2D eigenvalue weighted by molar-refractivity contribution is 6.33. The molecule has 0 saturated carbocycles. The molecule has 0 aliphatic carbocycles. The van der Waals surface area contributed by atoms with Gasteiger partial charge in [-0.2, -0.15) is 13.2 Å². The second-order valence-corrected chi connectivity index (χ2v) is 8.93. The summed E-state index contributed by atoms with van der Waals surface area (Å²) in [5.74, 6) is -0.517. The van der Waals surface area contributed by atoms with E-state index in [2.05, 4.69) is 10.3 Å². The smallest absolute Gasteiger partial charge is 0.420 e. The minimum atomic E-state index is -4.70. The number of nitrogens with zero attached hydrogens (tertiary/aromatic N) is 3. The van der Waals surface area contributed by atoms with Crippen molar-refractivity contribution in [3.05, 3.63) is 47.3 Å². The Labute approximate surface area is 191 Å². The number of hydrogen-bond donors (Lipinski definition) is 1. The van der Waals surface area contributed by atoms with Crippen molar-refractivity contribution in [2.45, 2.75) is 43.8 Å². The van der Waals surface area contributed by atoms with E-state index in [0.29, 0.717) is 37.9 Å².